The summed E-state index contributed by atoms with van der Waals surface area (Å²) < 4.78 is 0. The number of thioether (sulfide) groups is 1. The van der Waals surface area contributed by atoms with Gasteiger partial charge < -0.3 is 5.73 Å². The fraction of sp³-hybridized carbons (Fsp3) is 0.333. The van der Waals surface area contributed by atoms with Crippen LogP contribution in [-0.2, 0) is 6.42 Å². The number of benzene rings is 2. The molecule has 0 saturated carbocycles. The monoisotopic (exact) mass is 285 g/mol. The fourth-order valence-corrected chi connectivity index (χ4v) is 2.90. The highest BCUT2D eigenvalue weighted by Gasteiger charge is 2.04. The van der Waals surface area contributed by atoms with Crippen LogP contribution in [0.5, 0.6) is 0 Å². The molecule has 20 heavy (non-hydrogen) atoms. The summed E-state index contributed by atoms with van der Waals surface area (Å²) in [6.45, 7) is 4.32. The Morgan fingerprint density at radius 1 is 1.00 bits per heavy atom. The van der Waals surface area contributed by atoms with Crippen LogP contribution in [0.3, 0.4) is 0 Å². The molecule has 0 aliphatic rings. The molecule has 106 valence electrons. The van der Waals surface area contributed by atoms with Crippen LogP contribution in [0.2, 0.25) is 0 Å². The molecule has 1 nitrogen and oxygen atoms in total. The first-order valence-electron chi connectivity index (χ1n) is 7.30. The van der Waals surface area contributed by atoms with Crippen LogP contribution in [0, 0.1) is 0 Å². The van der Waals surface area contributed by atoms with Crippen LogP contribution in [0.25, 0.3) is 11.1 Å². The fourth-order valence-electron chi connectivity index (χ4n) is 2.24. The summed E-state index contributed by atoms with van der Waals surface area (Å²) in [6.07, 6.45) is 1.97. The van der Waals surface area contributed by atoms with Gasteiger partial charge in [-0.3, -0.25) is 0 Å². The van der Waals surface area contributed by atoms with Crippen LogP contribution in [0.1, 0.15) is 25.8 Å². The first-order valence-corrected chi connectivity index (χ1v) is 8.29. The molecule has 2 heteroatoms. The van der Waals surface area contributed by atoms with Gasteiger partial charge in [0.2, 0.25) is 0 Å². The molecule has 2 rings (SSSR count). The standard InChI is InChI=1S/C18H23NS/c1-3-17(19)13-14-6-5-7-16(12-14)15-8-10-18(11-9-15)20-4-2/h5-12,17H,3-4,13,19H2,1-2H3. The van der Waals surface area contributed by atoms with Crippen molar-refractivity contribution in [1.29, 1.82) is 0 Å². The Bertz CT molecular complexity index is 533. The van der Waals surface area contributed by atoms with Gasteiger partial charge in [0.05, 0.1) is 0 Å². The second-order valence-electron chi connectivity index (χ2n) is 5.03. The molecule has 1 atom stereocenters. The molecule has 1 unspecified atom stereocenters. The highest BCUT2D eigenvalue weighted by molar-refractivity contribution is 7.99. The van der Waals surface area contributed by atoms with Gasteiger partial charge in [-0.05, 0) is 47.4 Å². The van der Waals surface area contributed by atoms with Gasteiger partial charge >= 0.3 is 0 Å². The van der Waals surface area contributed by atoms with Crippen molar-refractivity contribution in [2.75, 3.05) is 5.75 Å². The van der Waals surface area contributed by atoms with E-state index in [2.05, 4.69) is 62.4 Å². The van der Waals surface area contributed by atoms with Gasteiger partial charge in [0, 0.05) is 10.9 Å². The van der Waals surface area contributed by atoms with Gasteiger partial charge in [0.15, 0.2) is 0 Å². The lowest BCUT2D eigenvalue weighted by atomic mass is 9.99. The summed E-state index contributed by atoms with van der Waals surface area (Å²) in [7, 11) is 0. The van der Waals surface area contributed by atoms with Gasteiger partial charge in [0.1, 0.15) is 0 Å². The lowest BCUT2D eigenvalue weighted by Crippen LogP contribution is -2.21. The Hall–Kier alpha value is -1.25. The van der Waals surface area contributed by atoms with E-state index in [9.17, 15) is 0 Å². The highest BCUT2D eigenvalue weighted by atomic mass is 32.2. The molecule has 0 heterocycles. The van der Waals surface area contributed by atoms with Crippen molar-refractivity contribution in [1.82, 2.24) is 0 Å². The summed E-state index contributed by atoms with van der Waals surface area (Å²) in [5.41, 5.74) is 9.92. The van der Waals surface area contributed by atoms with Crippen molar-refractivity contribution in [2.24, 2.45) is 5.73 Å². The zero-order valence-electron chi connectivity index (χ0n) is 12.3. The van der Waals surface area contributed by atoms with Crippen LogP contribution < -0.4 is 5.73 Å². The van der Waals surface area contributed by atoms with Crippen molar-refractivity contribution >= 4 is 11.8 Å². The Labute approximate surface area is 126 Å². The number of hydrogen-bond donors (Lipinski definition) is 1. The van der Waals surface area contributed by atoms with Gasteiger partial charge in [-0.25, -0.2) is 0 Å². The molecule has 0 saturated heterocycles. The average Bonchev–Trinajstić information content (AvgIpc) is 2.48. The number of hydrogen-bond acceptors (Lipinski definition) is 2. The number of rotatable bonds is 6. The predicted molar refractivity (Wildman–Crippen MR) is 90.2 cm³/mol. The zero-order chi connectivity index (χ0) is 14.4. The Morgan fingerprint density at radius 2 is 1.75 bits per heavy atom. The maximum atomic E-state index is 6.04. The maximum absolute atomic E-state index is 6.04. The van der Waals surface area contributed by atoms with Crippen molar-refractivity contribution in [3.05, 3.63) is 54.1 Å². The Balaban J connectivity index is 2.17. The molecule has 0 radical (unpaired) electrons. The third-order valence-electron chi connectivity index (χ3n) is 3.45. The molecule has 0 bridgehead atoms. The van der Waals surface area contributed by atoms with Crippen LogP contribution in [0.4, 0.5) is 0 Å². The van der Waals surface area contributed by atoms with Gasteiger partial charge in [-0.1, -0.05) is 50.2 Å². The van der Waals surface area contributed by atoms with Crippen molar-refractivity contribution in [3.63, 3.8) is 0 Å². The summed E-state index contributed by atoms with van der Waals surface area (Å²) in [5.74, 6) is 1.11. The molecule has 0 fully saturated rings. The van der Waals surface area contributed by atoms with Crippen LogP contribution >= 0.6 is 11.8 Å². The average molecular weight is 285 g/mol. The third-order valence-corrected chi connectivity index (χ3v) is 4.34. The lowest BCUT2D eigenvalue weighted by molar-refractivity contribution is 0.646. The summed E-state index contributed by atoms with van der Waals surface area (Å²) >= 11 is 1.88. The first kappa shape index (κ1) is 15.1. The van der Waals surface area contributed by atoms with Crippen LogP contribution in [0.15, 0.2) is 53.4 Å². The predicted octanol–water partition coefficient (Wildman–Crippen LogP) is 4.75. The van der Waals surface area contributed by atoms with E-state index in [0.717, 1.165) is 18.6 Å². The summed E-state index contributed by atoms with van der Waals surface area (Å²) in [5, 5.41) is 0. The molecule has 2 N–H and O–H groups in total. The maximum Gasteiger partial charge on any atom is 0.00767 e. The van der Waals surface area contributed by atoms with E-state index >= 15 is 0 Å². The van der Waals surface area contributed by atoms with E-state index < -0.39 is 0 Å². The lowest BCUT2D eigenvalue weighted by Gasteiger charge is -2.10. The molecular weight excluding hydrogens is 262 g/mol. The quantitative estimate of drug-likeness (QED) is 0.775. The van der Waals surface area contributed by atoms with E-state index in [1.165, 1.54) is 21.6 Å². The minimum atomic E-state index is 0.258. The van der Waals surface area contributed by atoms with Gasteiger partial charge in [-0.2, -0.15) is 0 Å². The zero-order valence-corrected chi connectivity index (χ0v) is 13.1. The van der Waals surface area contributed by atoms with E-state index in [1.54, 1.807) is 0 Å². The van der Waals surface area contributed by atoms with E-state index in [0.29, 0.717) is 0 Å². The first-order chi connectivity index (χ1) is 9.72. The van der Waals surface area contributed by atoms with Crippen molar-refractivity contribution < 1.29 is 0 Å². The van der Waals surface area contributed by atoms with E-state index in [4.69, 9.17) is 5.73 Å². The van der Waals surface area contributed by atoms with Gasteiger partial charge in [0.25, 0.3) is 0 Å². The molecule has 0 spiro atoms. The SMILES string of the molecule is CCSc1ccc(-c2cccc(CC(N)CC)c2)cc1. The minimum absolute atomic E-state index is 0.258. The van der Waals surface area contributed by atoms with E-state index in [-0.39, 0.29) is 6.04 Å². The number of nitrogens with two attached hydrogens (primary N) is 1. The van der Waals surface area contributed by atoms with Crippen molar-refractivity contribution in [3.8, 4) is 11.1 Å². The molecule has 0 aliphatic heterocycles. The van der Waals surface area contributed by atoms with Crippen LogP contribution in [-0.4, -0.2) is 11.8 Å². The molecular formula is C18H23NS. The largest absolute Gasteiger partial charge is 0.327 e. The molecule has 2 aromatic carbocycles. The Morgan fingerprint density at radius 3 is 2.40 bits per heavy atom. The normalized spacial score (nSPS) is 12.3. The molecule has 0 aromatic heterocycles. The second-order valence-corrected chi connectivity index (χ2v) is 6.37. The summed E-state index contributed by atoms with van der Waals surface area (Å²) in [4.78, 5) is 1.33. The minimum Gasteiger partial charge on any atom is -0.327 e. The summed E-state index contributed by atoms with van der Waals surface area (Å²) in [6, 6.07) is 17.8. The third kappa shape index (κ3) is 4.12. The molecule has 2 aromatic rings. The van der Waals surface area contributed by atoms with Crippen molar-refractivity contribution in [2.45, 2.75) is 37.6 Å². The topological polar surface area (TPSA) is 26.0 Å². The second kappa shape index (κ2) is 7.51. The molecule has 0 amide bonds. The smallest absolute Gasteiger partial charge is 0.00767 e. The Kier molecular flexibility index (Phi) is 5.69. The van der Waals surface area contributed by atoms with E-state index in [1.807, 2.05) is 11.8 Å². The van der Waals surface area contributed by atoms with Gasteiger partial charge in [-0.15, -0.1) is 11.8 Å². The highest BCUT2D eigenvalue weighted by Crippen LogP contribution is 2.25. The molecule has 0 aliphatic carbocycles.